The summed E-state index contributed by atoms with van der Waals surface area (Å²) in [5.41, 5.74) is 3.76. The second-order valence-corrected chi connectivity index (χ2v) is 9.10. The van der Waals surface area contributed by atoms with Crippen molar-refractivity contribution in [2.24, 2.45) is 0 Å². The molecule has 0 saturated carbocycles. The number of imide groups is 1. The smallest absolute Gasteiger partial charge is 0.293 e. The number of methoxy groups -OCH3 is 1. The van der Waals surface area contributed by atoms with E-state index in [1.165, 1.54) is 4.90 Å². The summed E-state index contributed by atoms with van der Waals surface area (Å²) in [6, 6.07) is 21.2. The van der Waals surface area contributed by atoms with Crippen molar-refractivity contribution in [2.75, 3.05) is 20.3 Å². The Labute approximate surface area is 209 Å². The molecule has 6 nitrogen and oxygen atoms in total. The van der Waals surface area contributed by atoms with E-state index >= 15 is 0 Å². The quantitative estimate of drug-likeness (QED) is 0.343. The number of rotatable bonds is 9. The van der Waals surface area contributed by atoms with Crippen LogP contribution in [0, 0.1) is 13.8 Å². The summed E-state index contributed by atoms with van der Waals surface area (Å²) in [5, 5.41) is -0.319. The van der Waals surface area contributed by atoms with Crippen LogP contribution in [0.3, 0.4) is 0 Å². The van der Waals surface area contributed by atoms with E-state index in [-0.39, 0.29) is 24.3 Å². The van der Waals surface area contributed by atoms with Gasteiger partial charge >= 0.3 is 0 Å². The van der Waals surface area contributed by atoms with Crippen LogP contribution in [0.4, 0.5) is 4.79 Å². The van der Waals surface area contributed by atoms with Crippen LogP contribution in [0.15, 0.2) is 71.6 Å². The van der Waals surface area contributed by atoms with Crippen molar-refractivity contribution in [3.05, 3.63) is 93.9 Å². The first-order valence-electron chi connectivity index (χ1n) is 11.3. The third kappa shape index (κ3) is 5.87. The van der Waals surface area contributed by atoms with E-state index in [0.29, 0.717) is 28.6 Å². The van der Waals surface area contributed by atoms with Gasteiger partial charge in [0.15, 0.2) is 11.5 Å². The van der Waals surface area contributed by atoms with Gasteiger partial charge in [0.1, 0.15) is 19.0 Å². The van der Waals surface area contributed by atoms with Gasteiger partial charge in [-0.2, -0.15) is 0 Å². The molecule has 0 N–H and O–H groups in total. The zero-order chi connectivity index (χ0) is 24.8. The van der Waals surface area contributed by atoms with E-state index < -0.39 is 0 Å². The SMILES string of the molecule is COc1cccc(/C=C2\SC(=O)N(CCOc3cc(C)ccc3C)C2=O)c1OCc1ccccc1. The monoisotopic (exact) mass is 489 g/mol. The number of ether oxygens (including phenoxy) is 3. The fraction of sp³-hybridized carbons (Fsp3) is 0.214. The first kappa shape index (κ1) is 24.4. The molecule has 0 aromatic heterocycles. The lowest BCUT2D eigenvalue weighted by Crippen LogP contribution is -2.32. The molecule has 0 radical (unpaired) electrons. The van der Waals surface area contributed by atoms with E-state index in [1.54, 1.807) is 19.3 Å². The van der Waals surface area contributed by atoms with Crippen LogP contribution in [0.2, 0.25) is 0 Å². The van der Waals surface area contributed by atoms with Crippen LogP contribution in [-0.2, 0) is 11.4 Å². The van der Waals surface area contributed by atoms with Crippen molar-refractivity contribution in [3.8, 4) is 17.2 Å². The highest BCUT2D eigenvalue weighted by Crippen LogP contribution is 2.37. The van der Waals surface area contributed by atoms with Crippen molar-refractivity contribution in [2.45, 2.75) is 20.5 Å². The Morgan fingerprint density at radius 2 is 1.71 bits per heavy atom. The minimum Gasteiger partial charge on any atom is -0.493 e. The van der Waals surface area contributed by atoms with Gasteiger partial charge in [-0.05, 0) is 60.5 Å². The Balaban J connectivity index is 1.48. The largest absolute Gasteiger partial charge is 0.493 e. The Morgan fingerprint density at radius 3 is 2.49 bits per heavy atom. The first-order chi connectivity index (χ1) is 17.0. The minimum absolute atomic E-state index is 0.171. The van der Waals surface area contributed by atoms with Crippen LogP contribution < -0.4 is 14.2 Å². The lowest BCUT2D eigenvalue weighted by atomic mass is 10.1. The molecule has 1 aliphatic rings. The summed E-state index contributed by atoms with van der Waals surface area (Å²) in [6.07, 6.45) is 1.68. The summed E-state index contributed by atoms with van der Waals surface area (Å²) in [7, 11) is 1.57. The molecular weight excluding hydrogens is 462 g/mol. The minimum atomic E-state index is -0.346. The predicted molar refractivity (Wildman–Crippen MR) is 138 cm³/mol. The second kappa shape index (κ2) is 11.1. The zero-order valence-electron chi connectivity index (χ0n) is 19.9. The summed E-state index contributed by atoms with van der Waals surface area (Å²) in [6.45, 7) is 4.69. The van der Waals surface area contributed by atoms with Crippen molar-refractivity contribution < 1.29 is 23.8 Å². The molecule has 0 unspecified atom stereocenters. The Hall–Kier alpha value is -3.71. The molecule has 1 heterocycles. The normalized spacial score (nSPS) is 14.5. The Morgan fingerprint density at radius 1 is 0.914 bits per heavy atom. The van der Waals surface area contributed by atoms with Crippen LogP contribution in [-0.4, -0.2) is 36.3 Å². The summed E-state index contributed by atoms with van der Waals surface area (Å²) < 4.78 is 17.4. The van der Waals surface area contributed by atoms with Crippen molar-refractivity contribution >= 4 is 29.0 Å². The number of hydrogen-bond donors (Lipinski definition) is 0. The topological polar surface area (TPSA) is 65.1 Å². The van der Waals surface area contributed by atoms with Crippen LogP contribution in [0.25, 0.3) is 6.08 Å². The first-order valence-corrected chi connectivity index (χ1v) is 12.1. The number of carbonyl (C=O) groups is 2. The van der Waals surface area contributed by atoms with Crippen molar-refractivity contribution in [1.29, 1.82) is 0 Å². The fourth-order valence-corrected chi connectivity index (χ4v) is 4.49. The van der Waals surface area contributed by atoms with E-state index in [9.17, 15) is 9.59 Å². The number of benzene rings is 3. The lowest BCUT2D eigenvalue weighted by Gasteiger charge is -2.15. The summed E-state index contributed by atoms with van der Waals surface area (Å²) in [5.74, 6) is 1.48. The Kier molecular flexibility index (Phi) is 7.77. The zero-order valence-corrected chi connectivity index (χ0v) is 20.8. The average molecular weight is 490 g/mol. The molecule has 3 aromatic rings. The standard InChI is InChI=1S/C28H27NO5S/c1-19-12-13-20(2)24(16-19)33-15-14-29-27(30)25(35-28(29)31)17-22-10-7-11-23(32-3)26(22)34-18-21-8-5-4-6-9-21/h4-13,16-17H,14-15,18H2,1-3H3/b25-17-. The molecular formula is C28H27NO5S. The van der Waals surface area contributed by atoms with E-state index in [2.05, 4.69) is 0 Å². The molecule has 7 heteroatoms. The van der Waals surface area contributed by atoms with Crippen LogP contribution in [0.5, 0.6) is 17.2 Å². The predicted octanol–water partition coefficient (Wildman–Crippen LogP) is 6.01. The Bertz CT molecular complexity index is 1260. The number of para-hydroxylation sites is 1. The lowest BCUT2D eigenvalue weighted by molar-refractivity contribution is -0.123. The number of carbonyl (C=O) groups excluding carboxylic acids is 2. The summed E-state index contributed by atoms with van der Waals surface area (Å²) in [4.78, 5) is 27.1. The maximum atomic E-state index is 13.0. The fourth-order valence-electron chi connectivity index (χ4n) is 3.64. The molecule has 35 heavy (non-hydrogen) atoms. The molecule has 2 amide bonds. The van der Waals surface area contributed by atoms with Gasteiger partial charge in [-0.1, -0.05) is 54.6 Å². The van der Waals surface area contributed by atoms with Gasteiger partial charge in [0, 0.05) is 5.56 Å². The van der Waals surface area contributed by atoms with Crippen molar-refractivity contribution in [1.82, 2.24) is 4.90 Å². The number of amides is 2. The second-order valence-electron chi connectivity index (χ2n) is 8.10. The number of thioether (sulfide) groups is 1. The number of aryl methyl sites for hydroxylation is 2. The van der Waals surface area contributed by atoms with Crippen molar-refractivity contribution in [3.63, 3.8) is 0 Å². The third-order valence-electron chi connectivity index (χ3n) is 5.53. The third-order valence-corrected chi connectivity index (χ3v) is 6.44. The maximum absolute atomic E-state index is 13.0. The molecule has 1 fully saturated rings. The molecule has 4 rings (SSSR count). The van der Waals surface area contributed by atoms with Crippen LogP contribution in [0.1, 0.15) is 22.3 Å². The van der Waals surface area contributed by atoms with Gasteiger partial charge in [0.25, 0.3) is 11.1 Å². The van der Waals surface area contributed by atoms with E-state index in [1.807, 2.05) is 74.5 Å². The maximum Gasteiger partial charge on any atom is 0.293 e. The molecule has 180 valence electrons. The molecule has 1 aliphatic heterocycles. The molecule has 0 aliphatic carbocycles. The molecule has 0 spiro atoms. The van der Waals surface area contributed by atoms with Gasteiger partial charge in [-0.3, -0.25) is 14.5 Å². The van der Waals surface area contributed by atoms with E-state index in [4.69, 9.17) is 14.2 Å². The van der Waals surface area contributed by atoms with E-state index in [0.717, 1.165) is 34.2 Å². The summed E-state index contributed by atoms with van der Waals surface area (Å²) >= 11 is 0.912. The molecule has 0 atom stereocenters. The van der Waals surface area contributed by atoms with Gasteiger partial charge < -0.3 is 14.2 Å². The number of nitrogens with zero attached hydrogens (tertiary/aromatic N) is 1. The van der Waals surface area contributed by atoms with Gasteiger partial charge in [-0.15, -0.1) is 0 Å². The molecule has 1 saturated heterocycles. The highest BCUT2D eigenvalue weighted by Gasteiger charge is 2.35. The highest BCUT2D eigenvalue weighted by molar-refractivity contribution is 8.18. The average Bonchev–Trinajstić information content (AvgIpc) is 3.13. The van der Waals surface area contributed by atoms with Gasteiger partial charge in [-0.25, -0.2) is 0 Å². The van der Waals surface area contributed by atoms with Gasteiger partial charge in [0.05, 0.1) is 18.6 Å². The molecule has 3 aromatic carbocycles. The van der Waals surface area contributed by atoms with Crippen LogP contribution >= 0.6 is 11.8 Å². The number of hydrogen-bond acceptors (Lipinski definition) is 6. The molecule has 0 bridgehead atoms. The highest BCUT2D eigenvalue weighted by atomic mass is 32.2. The van der Waals surface area contributed by atoms with Gasteiger partial charge in [0.2, 0.25) is 0 Å².